The zero-order valence-corrected chi connectivity index (χ0v) is 38.8. The summed E-state index contributed by atoms with van der Waals surface area (Å²) in [7, 11) is 2.32. The number of rotatable bonds is 27. The van der Waals surface area contributed by atoms with Crippen molar-refractivity contribution < 1.29 is 47.2 Å². The Bertz CT molecular complexity index is 1560. The molecule has 0 spiro atoms. The molecule has 2 aromatic rings. The Morgan fingerprint density at radius 1 is 0.879 bits per heavy atom. The van der Waals surface area contributed by atoms with Crippen molar-refractivity contribution in [2.75, 3.05) is 47.9 Å². The first-order valence-electron chi connectivity index (χ1n) is 20.7. The maximum absolute atomic E-state index is 13.2. The summed E-state index contributed by atoms with van der Waals surface area (Å²) in [5.74, 6) is 0.273. The topological polar surface area (TPSA) is 108 Å². The SMILES string of the molecule is CCC(=O)O[C@@H](C[C@@H](C[C@H](OCc1ccc(OC)cc1)C(C)=C[C@@H](CC)COCOCCOC)O[Si](C)(C)C(C)(C)C)C(C)(C)c1cccc(C/C=C\C(=O)OC)c1. The molecule has 11 heteroatoms. The third kappa shape index (κ3) is 17.5. The van der Waals surface area contributed by atoms with Gasteiger partial charge in [-0.2, -0.15) is 0 Å². The van der Waals surface area contributed by atoms with Gasteiger partial charge in [0.05, 0.1) is 52.9 Å². The van der Waals surface area contributed by atoms with Crippen LogP contribution in [0.3, 0.4) is 0 Å². The van der Waals surface area contributed by atoms with Gasteiger partial charge in [0.1, 0.15) is 18.6 Å². The van der Waals surface area contributed by atoms with Crippen LogP contribution in [0.5, 0.6) is 5.75 Å². The molecule has 0 aliphatic carbocycles. The molecule has 0 fully saturated rings. The molecule has 0 saturated carbocycles. The second-order valence-corrected chi connectivity index (χ2v) is 21.7. The molecule has 10 nitrogen and oxygen atoms in total. The van der Waals surface area contributed by atoms with Crippen LogP contribution in [-0.4, -0.2) is 86.5 Å². The van der Waals surface area contributed by atoms with Gasteiger partial charge in [0.25, 0.3) is 0 Å². The Labute approximate surface area is 351 Å². The molecule has 0 unspecified atom stereocenters. The van der Waals surface area contributed by atoms with Crippen LogP contribution < -0.4 is 4.74 Å². The van der Waals surface area contributed by atoms with Crippen molar-refractivity contribution in [1.29, 1.82) is 0 Å². The summed E-state index contributed by atoms with van der Waals surface area (Å²) in [4.78, 5) is 24.9. The smallest absolute Gasteiger partial charge is 0.330 e. The van der Waals surface area contributed by atoms with Crippen LogP contribution in [0.15, 0.2) is 72.3 Å². The number of carbonyl (C=O) groups excluding carboxylic acids is 2. The minimum absolute atomic E-state index is 0.0668. The highest BCUT2D eigenvalue weighted by molar-refractivity contribution is 6.74. The van der Waals surface area contributed by atoms with E-state index in [2.05, 4.69) is 79.8 Å². The van der Waals surface area contributed by atoms with E-state index in [4.69, 9.17) is 37.6 Å². The Morgan fingerprint density at radius 3 is 2.19 bits per heavy atom. The van der Waals surface area contributed by atoms with E-state index in [1.807, 2.05) is 43.3 Å². The molecule has 0 amide bonds. The maximum atomic E-state index is 13.2. The summed E-state index contributed by atoms with van der Waals surface area (Å²) in [6, 6.07) is 16.2. The van der Waals surface area contributed by atoms with Gasteiger partial charge in [-0.1, -0.05) is 97.0 Å². The van der Waals surface area contributed by atoms with E-state index in [1.54, 1.807) is 20.3 Å². The van der Waals surface area contributed by atoms with Gasteiger partial charge >= 0.3 is 11.9 Å². The van der Waals surface area contributed by atoms with Gasteiger partial charge in [-0.05, 0) is 72.3 Å². The largest absolute Gasteiger partial charge is 0.497 e. The van der Waals surface area contributed by atoms with Crippen molar-refractivity contribution >= 4 is 20.3 Å². The summed E-state index contributed by atoms with van der Waals surface area (Å²) >= 11 is 0. The lowest BCUT2D eigenvalue weighted by Gasteiger charge is -2.43. The highest BCUT2D eigenvalue weighted by atomic mass is 28.4. The Balaban J connectivity index is 2.59. The van der Waals surface area contributed by atoms with E-state index >= 15 is 0 Å². The third-order valence-electron chi connectivity index (χ3n) is 11.1. The van der Waals surface area contributed by atoms with Gasteiger partial charge in [-0.25, -0.2) is 4.79 Å². The van der Waals surface area contributed by atoms with Crippen LogP contribution in [0.4, 0.5) is 0 Å². The number of hydrogen-bond donors (Lipinski definition) is 0. The zero-order chi connectivity index (χ0) is 43.4. The van der Waals surface area contributed by atoms with Crippen LogP contribution in [0, 0.1) is 5.92 Å². The minimum atomic E-state index is -2.35. The normalized spacial score (nSPS) is 14.9. The first-order chi connectivity index (χ1) is 27.4. The lowest BCUT2D eigenvalue weighted by atomic mass is 9.76. The number of methoxy groups -OCH3 is 3. The van der Waals surface area contributed by atoms with Crippen LogP contribution in [0.25, 0.3) is 0 Å². The number of esters is 2. The summed E-state index contributed by atoms with van der Waals surface area (Å²) < 4.78 is 47.2. The van der Waals surface area contributed by atoms with Crippen molar-refractivity contribution in [3.63, 3.8) is 0 Å². The summed E-state index contributed by atoms with van der Waals surface area (Å²) in [6.45, 7) is 23.7. The average molecular weight is 827 g/mol. The van der Waals surface area contributed by atoms with Crippen LogP contribution in [0.1, 0.15) is 97.8 Å². The molecule has 0 bridgehead atoms. The van der Waals surface area contributed by atoms with Crippen molar-refractivity contribution in [2.45, 2.75) is 136 Å². The van der Waals surface area contributed by atoms with Crippen LogP contribution in [-0.2, 0) is 60.9 Å². The molecule has 326 valence electrons. The van der Waals surface area contributed by atoms with Gasteiger partial charge < -0.3 is 37.6 Å². The highest BCUT2D eigenvalue weighted by Gasteiger charge is 2.43. The number of ether oxygens (including phenoxy) is 7. The second kappa shape index (κ2) is 25.3. The molecule has 0 saturated heterocycles. The zero-order valence-electron chi connectivity index (χ0n) is 37.8. The van der Waals surface area contributed by atoms with Crippen LogP contribution >= 0.6 is 0 Å². The predicted molar refractivity (Wildman–Crippen MR) is 234 cm³/mol. The quantitative estimate of drug-likeness (QED) is 0.0216. The van der Waals surface area contributed by atoms with Crippen LogP contribution in [0.2, 0.25) is 18.1 Å². The first-order valence-corrected chi connectivity index (χ1v) is 23.6. The monoisotopic (exact) mass is 827 g/mol. The van der Waals surface area contributed by atoms with E-state index in [0.717, 1.165) is 34.4 Å². The fourth-order valence-electron chi connectivity index (χ4n) is 6.17. The van der Waals surface area contributed by atoms with Crippen molar-refractivity contribution in [1.82, 2.24) is 0 Å². The Morgan fingerprint density at radius 2 is 1.59 bits per heavy atom. The average Bonchev–Trinajstić information content (AvgIpc) is 3.19. The minimum Gasteiger partial charge on any atom is -0.497 e. The van der Waals surface area contributed by atoms with Gasteiger partial charge in [0.2, 0.25) is 0 Å². The molecule has 2 aromatic carbocycles. The molecule has 4 atom stereocenters. The van der Waals surface area contributed by atoms with E-state index in [-0.39, 0.29) is 42.3 Å². The molecule has 0 aliphatic rings. The standard InChI is InChI=1S/C47H74O10Si/c1-14-36(32-54-34-53-27-26-50-9)28-35(3)42(55-33-38-22-24-40(51-10)25-23-38)30-41(57-58(12,13)46(4,5)6)31-43(56-44(48)15-2)47(7,8)39-20-16-18-37(29-39)19-17-21-45(49)52-11/h16-18,20-25,28-29,36,41-43H,14-15,19,26-27,30-34H2,1-13H3/b21-17-,35-28?/t36-,41-,42+,43+/m1/s1. The number of hydrogen-bond acceptors (Lipinski definition) is 10. The molecule has 0 aliphatic heterocycles. The fourth-order valence-corrected chi connectivity index (χ4v) is 7.55. The fraction of sp³-hybridized carbons (Fsp3) is 0.617. The van der Waals surface area contributed by atoms with E-state index in [1.165, 1.54) is 13.2 Å². The Kier molecular flexibility index (Phi) is 22.2. The van der Waals surface area contributed by atoms with Gasteiger partial charge in [-0.15, -0.1) is 0 Å². The lowest BCUT2D eigenvalue weighted by molar-refractivity contribution is -0.154. The molecular formula is C47H74O10Si. The van der Waals surface area contributed by atoms with Crippen molar-refractivity contribution in [2.24, 2.45) is 5.92 Å². The highest BCUT2D eigenvalue weighted by Crippen LogP contribution is 2.41. The van der Waals surface area contributed by atoms with E-state index in [0.29, 0.717) is 45.7 Å². The molecule has 0 aromatic heterocycles. The summed E-state index contributed by atoms with van der Waals surface area (Å²) in [5, 5.41) is -0.0668. The first kappa shape index (κ1) is 50.8. The third-order valence-corrected chi connectivity index (χ3v) is 15.7. The number of allylic oxidation sites excluding steroid dienone is 1. The van der Waals surface area contributed by atoms with Gasteiger partial charge in [-0.3, -0.25) is 4.79 Å². The lowest BCUT2D eigenvalue weighted by Crippen LogP contribution is -2.48. The Hall–Kier alpha value is -3.32. The van der Waals surface area contributed by atoms with E-state index in [9.17, 15) is 9.59 Å². The molecule has 58 heavy (non-hydrogen) atoms. The predicted octanol–water partition coefficient (Wildman–Crippen LogP) is 9.93. The van der Waals surface area contributed by atoms with Crippen molar-refractivity contribution in [3.05, 3.63) is 89.0 Å². The molecule has 0 heterocycles. The summed E-state index contributed by atoms with van der Waals surface area (Å²) in [6.07, 6.45) is 7.07. The molecule has 2 rings (SSSR count). The van der Waals surface area contributed by atoms with Gasteiger partial charge in [0, 0.05) is 43.8 Å². The molecular weight excluding hydrogens is 753 g/mol. The van der Waals surface area contributed by atoms with E-state index < -0.39 is 25.8 Å². The second-order valence-electron chi connectivity index (χ2n) is 17.0. The number of benzene rings is 2. The molecule has 0 N–H and O–H groups in total. The van der Waals surface area contributed by atoms with Crippen molar-refractivity contribution in [3.8, 4) is 5.75 Å². The summed E-state index contributed by atoms with van der Waals surface area (Å²) in [5.41, 5.74) is 3.58. The van der Waals surface area contributed by atoms with Gasteiger partial charge in [0.15, 0.2) is 8.32 Å². The number of carbonyl (C=O) groups is 2. The maximum Gasteiger partial charge on any atom is 0.330 e. The molecule has 0 radical (unpaired) electrons.